The van der Waals surface area contributed by atoms with Crippen LogP contribution in [0.2, 0.25) is 0 Å². The van der Waals surface area contributed by atoms with Crippen molar-refractivity contribution in [3.05, 3.63) is 52.4 Å². The molecule has 1 aromatic heterocycles. The van der Waals surface area contributed by atoms with Crippen LogP contribution in [0.5, 0.6) is 0 Å². The Balaban J connectivity index is 1.72. The van der Waals surface area contributed by atoms with Crippen LogP contribution >= 0.6 is 0 Å². The molecule has 31 heavy (non-hydrogen) atoms. The first-order valence-electron chi connectivity index (χ1n) is 10.1. The average molecular weight is 447 g/mol. The molecule has 1 aromatic carbocycles. The van der Waals surface area contributed by atoms with Crippen molar-refractivity contribution in [1.29, 1.82) is 0 Å². The Morgan fingerprint density at radius 3 is 2.42 bits per heavy atom. The number of aryl methyl sites for hydroxylation is 1. The molecule has 166 valence electrons. The highest BCUT2D eigenvalue weighted by molar-refractivity contribution is 7.89. The SMILES string of the molecule is CCN(CC)S(=O)(=O)c1ccc(N2C[C@@H](C(=O)Nc3c[nH]c(=O)cc3C)CC2=O)cc1. The van der Waals surface area contributed by atoms with Crippen LogP contribution in [0.15, 0.2) is 46.2 Å². The topological polar surface area (TPSA) is 120 Å². The highest BCUT2D eigenvalue weighted by Gasteiger charge is 2.35. The minimum absolute atomic E-state index is 0.0493. The number of anilines is 2. The van der Waals surface area contributed by atoms with Gasteiger partial charge >= 0.3 is 0 Å². The fraction of sp³-hybridized carbons (Fsp3) is 0.381. The van der Waals surface area contributed by atoms with E-state index in [1.54, 1.807) is 32.9 Å². The molecule has 0 radical (unpaired) electrons. The van der Waals surface area contributed by atoms with Crippen LogP contribution in [0.1, 0.15) is 25.8 Å². The summed E-state index contributed by atoms with van der Waals surface area (Å²) in [7, 11) is -3.58. The first-order chi connectivity index (χ1) is 14.7. The second-order valence-electron chi connectivity index (χ2n) is 7.37. The van der Waals surface area contributed by atoms with Gasteiger partial charge in [0.1, 0.15) is 0 Å². The van der Waals surface area contributed by atoms with Gasteiger partial charge in [0.2, 0.25) is 27.4 Å². The largest absolute Gasteiger partial charge is 0.327 e. The molecular formula is C21H26N4O5S. The molecule has 10 heteroatoms. The van der Waals surface area contributed by atoms with Gasteiger partial charge in [0.15, 0.2) is 0 Å². The highest BCUT2D eigenvalue weighted by atomic mass is 32.2. The van der Waals surface area contributed by atoms with Gasteiger partial charge in [-0.2, -0.15) is 4.31 Å². The molecule has 2 N–H and O–H groups in total. The van der Waals surface area contributed by atoms with Crippen molar-refractivity contribution in [1.82, 2.24) is 9.29 Å². The summed E-state index contributed by atoms with van der Waals surface area (Å²) in [4.78, 5) is 40.6. The van der Waals surface area contributed by atoms with Gasteiger partial charge in [-0.05, 0) is 36.8 Å². The Labute approximate surface area is 181 Å². The lowest BCUT2D eigenvalue weighted by Crippen LogP contribution is -2.31. The summed E-state index contributed by atoms with van der Waals surface area (Å²) in [6, 6.07) is 7.51. The molecule has 2 heterocycles. The number of H-pyrrole nitrogens is 1. The van der Waals surface area contributed by atoms with E-state index < -0.39 is 15.9 Å². The van der Waals surface area contributed by atoms with Crippen LogP contribution < -0.4 is 15.8 Å². The van der Waals surface area contributed by atoms with Gasteiger partial charge in [-0.3, -0.25) is 14.4 Å². The highest BCUT2D eigenvalue weighted by Crippen LogP contribution is 2.28. The van der Waals surface area contributed by atoms with Gasteiger partial charge in [-0.25, -0.2) is 8.42 Å². The zero-order chi connectivity index (χ0) is 22.8. The predicted molar refractivity (Wildman–Crippen MR) is 117 cm³/mol. The minimum Gasteiger partial charge on any atom is -0.327 e. The number of nitrogens with zero attached hydrogens (tertiary/aromatic N) is 2. The third-order valence-corrected chi connectivity index (χ3v) is 7.44. The molecule has 0 unspecified atom stereocenters. The lowest BCUT2D eigenvalue weighted by molar-refractivity contribution is -0.122. The first kappa shape index (κ1) is 22.7. The zero-order valence-corrected chi connectivity index (χ0v) is 18.5. The summed E-state index contributed by atoms with van der Waals surface area (Å²) < 4.78 is 26.6. The number of sulfonamides is 1. The van der Waals surface area contributed by atoms with E-state index in [1.807, 2.05) is 0 Å². The summed E-state index contributed by atoms with van der Waals surface area (Å²) >= 11 is 0. The van der Waals surface area contributed by atoms with Crippen LogP contribution in [-0.4, -0.2) is 49.2 Å². The molecule has 3 rings (SSSR count). The van der Waals surface area contributed by atoms with E-state index in [0.717, 1.165) is 0 Å². The van der Waals surface area contributed by atoms with Crippen molar-refractivity contribution < 1.29 is 18.0 Å². The van der Waals surface area contributed by atoms with E-state index in [1.165, 1.54) is 33.6 Å². The van der Waals surface area contributed by atoms with Gasteiger partial charge < -0.3 is 15.2 Å². The van der Waals surface area contributed by atoms with Gasteiger partial charge in [-0.1, -0.05) is 13.8 Å². The third kappa shape index (κ3) is 4.70. The average Bonchev–Trinajstić information content (AvgIpc) is 3.12. The number of amides is 2. The van der Waals surface area contributed by atoms with Crippen molar-refractivity contribution in [3.63, 3.8) is 0 Å². The fourth-order valence-corrected chi connectivity index (χ4v) is 5.04. The maximum Gasteiger partial charge on any atom is 0.248 e. The zero-order valence-electron chi connectivity index (χ0n) is 17.7. The molecule has 1 saturated heterocycles. The molecule has 0 spiro atoms. The second kappa shape index (κ2) is 9.03. The van der Waals surface area contributed by atoms with Crippen LogP contribution in [0.25, 0.3) is 0 Å². The van der Waals surface area contributed by atoms with E-state index in [4.69, 9.17) is 0 Å². The molecule has 0 aliphatic carbocycles. The number of aromatic nitrogens is 1. The molecule has 9 nitrogen and oxygen atoms in total. The molecule has 2 amide bonds. The van der Waals surface area contributed by atoms with E-state index >= 15 is 0 Å². The van der Waals surface area contributed by atoms with Gasteiger partial charge in [0, 0.05) is 44.0 Å². The molecule has 1 atom stereocenters. The number of hydrogen-bond acceptors (Lipinski definition) is 5. The van der Waals surface area contributed by atoms with Crippen LogP contribution in [0.3, 0.4) is 0 Å². The lowest BCUT2D eigenvalue weighted by atomic mass is 10.1. The molecule has 1 fully saturated rings. The Morgan fingerprint density at radius 2 is 1.84 bits per heavy atom. The van der Waals surface area contributed by atoms with Gasteiger partial charge in [-0.15, -0.1) is 0 Å². The molecule has 1 aliphatic rings. The molecule has 2 aromatic rings. The van der Waals surface area contributed by atoms with E-state index in [-0.39, 0.29) is 35.2 Å². The number of carbonyl (C=O) groups is 2. The number of pyridine rings is 1. The molecular weight excluding hydrogens is 420 g/mol. The number of carbonyl (C=O) groups excluding carboxylic acids is 2. The maximum absolute atomic E-state index is 12.6. The smallest absolute Gasteiger partial charge is 0.248 e. The Morgan fingerprint density at radius 1 is 1.19 bits per heavy atom. The summed E-state index contributed by atoms with van der Waals surface area (Å²) in [5.41, 5.74) is 1.40. The summed E-state index contributed by atoms with van der Waals surface area (Å²) in [6.07, 6.45) is 1.48. The van der Waals surface area contributed by atoms with E-state index in [9.17, 15) is 22.8 Å². The number of hydrogen-bond donors (Lipinski definition) is 2. The molecule has 0 saturated carbocycles. The second-order valence-corrected chi connectivity index (χ2v) is 9.31. The number of rotatable bonds is 7. The number of benzene rings is 1. The van der Waals surface area contributed by atoms with Crippen molar-refractivity contribution in [2.45, 2.75) is 32.1 Å². The standard InChI is InChI=1S/C21H26N4O5S/c1-4-24(5-2)31(29,30)17-8-6-16(7-9-17)25-13-15(11-20(25)27)21(28)23-18-12-22-19(26)10-14(18)3/h6-10,12,15H,4-5,11,13H2,1-3H3,(H,22,26)(H,23,28)/t15-/m0/s1. The normalized spacial score (nSPS) is 16.7. The van der Waals surface area contributed by atoms with Crippen molar-refractivity contribution >= 4 is 33.2 Å². The predicted octanol–water partition coefficient (Wildman–Crippen LogP) is 1.71. The van der Waals surface area contributed by atoms with E-state index in [0.29, 0.717) is 30.0 Å². The van der Waals surface area contributed by atoms with Crippen LogP contribution in [0.4, 0.5) is 11.4 Å². The Hall–Kier alpha value is -2.98. The lowest BCUT2D eigenvalue weighted by Gasteiger charge is -2.20. The maximum atomic E-state index is 12.6. The monoisotopic (exact) mass is 446 g/mol. The van der Waals surface area contributed by atoms with Gasteiger partial charge in [0.25, 0.3) is 0 Å². The number of aromatic amines is 1. The first-order valence-corrected chi connectivity index (χ1v) is 11.5. The minimum atomic E-state index is -3.58. The molecule has 0 bridgehead atoms. The van der Waals surface area contributed by atoms with Gasteiger partial charge in [0.05, 0.1) is 16.5 Å². The summed E-state index contributed by atoms with van der Waals surface area (Å²) in [5, 5.41) is 2.75. The van der Waals surface area contributed by atoms with Crippen molar-refractivity contribution in [2.24, 2.45) is 5.92 Å². The van der Waals surface area contributed by atoms with E-state index in [2.05, 4.69) is 10.3 Å². The quantitative estimate of drug-likeness (QED) is 0.671. The van der Waals surface area contributed by atoms with Crippen LogP contribution in [0, 0.1) is 12.8 Å². The summed E-state index contributed by atoms with van der Waals surface area (Å²) in [5.74, 6) is -1.08. The van der Waals surface area contributed by atoms with Crippen molar-refractivity contribution in [2.75, 3.05) is 29.9 Å². The Bertz CT molecular complexity index is 1140. The van der Waals surface area contributed by atoms with Crippen molar-refractivity contribution in [3.8, 4) is 0 Å². The summed E-state index contributed by atoms with van der Waals surface area (Å²) in [6.45, 7) is 6.20. The third-order valence-electron chi connectivity index (χ3n) is 5.38. The molecule has 1 aliphatic heterocycles. The number of nitrogens with one attached hydrogen (secondary N) is 2. The fourth-order valence-electron chi connectivity index (χ4n) is 3.59. The van der Waals surface area contributed by atoms with Crippen LogP contribution in [-0.2, 0) is 19.6 Å². The Kier molecular flexibility index (Phi) is 6.61.